The fourth-order valence-electron chi connectivity index (χ4n) is 2.52. The van der Waals surface area contributed by atoms with Crippen LogP contribution in [-0.4, -0.2) is 40.9 Å². The second kappa shape index (κ2) is 10.6. The highest BCUT2D eigenvalue weighted by Gasteiger charge is 2.26. The van der Waals surface area contributed by atoms with Gasteiger partial charge in [-0.2, -0.15) is 0 Å². The van der Waals surface area contributed by atoms with E-state index in [1.807, 2.05) is 6.07 Å². The highest BCUT2D eigenvalue weighted by atomic mass is 16.5. The molecule has 0 bridgehead atoms. The van der Waals surface area contributed by atoms with Gasteiger partial charge in [0.1, 0.15) is 5.75 Å². The molecule has 0 heterocycles. The van der Waals surface area contributed by atoms with Crippen molar-refractivity contribution in [3.8, 4) is 5.75 Å². The van der Waals surface area contributed by atoms with Gasteiger partial charge in [0.2, 0.25) is 12.1 Å². The monoisotopic (exact) mass is 410 g/mol. The van der Waals surface area contributed by atoms with Crippen LogP contribution in [0.1, 0.15) is 29.3 Å². The van der Waals surface area contributed by atoms with Crippen LogP contribution in [0.3, 0.4) is 0 Å². The maximum Gasteiger partial charge on any atom is 0.347 e. The molecule has 0 aliphatic heterocycles. The Kier molecular flexibility index (Phi) is 7.87. The van der Waals surface area contributed by atoms with E-state index >= 15 is 0 Å². The van der Waals surface area contributed by atoms with Gasteiger partial charge in [0.25, 0.3) is 5.91 Å². The lowest BCUT2D eigenvalue weighted by molar-refractivity contribution is -0.145. The Labute approximate surface area is 173 Å². The molecule has 8 nitrogen and oxygen atoms in total. The number of nitrogens with one attached hydrogen (secondary N) is 2. The number of carboxylic acids is 1. The predicted octanol–water partition coefficient (Wildman–Crippen LogP) is 1.90. The van der Waals surface area contributed by atoms with Gasteiger partial charge in [-0.25, -0.2) is 4.79 Å². The summed E-state index contributed by atoms with van der Waals surface area (Å²) < 4.78 is 5.63. The Morgan fingerprint density at radius 2 is 1.60 bits per heavy atom. The molecule has 0 aromatic heterocycles. The number of hydrogen-bond donors (Lipinski definition) is 3. The summed E-state index contributed by atoms with van der Waals surface area (Å²) in [5.41, 5.74) is 1.02. The summed E-state index contributed by atoms with van der Waals surface area (Å²) in [6.07, 6.45) is -1.47. The van der Waals surface area contributed by atoms with Crippen molar-refractivity contribution >= 4 is 23.6 Å². The van der Waals surface area contributed by atoms with Crippen LogP contribution in [0.2, 0.25) is 0 Å². The molecular weight excluding hydrogens is 388 g/mol. The lowest BCUT2D eigenvalue weighted by Crippen LogP contribution is -2.55. The number of ether oxygens (including phenoxy) is 1. The molecule has 2 unspecified atom stereocenters. The summed E-state index contributed by atoms with van der Waals surface area (Å²) in [4.78, 5) is 47.4. The number of benzene rings is 2. The fraction of sp³-hybridized carbons (Fsp3) is 0.182. The van der Waals surface area contributed by atoms with Crippen LogP contribution in [0.25, 0.3) is 0 Å². The zero-order chi connectivity index (χ0) is 22.1. The molecule has 2 aromatic carbocycles. The Morgan fingerprint density at radius 1 is 1.00 bits per heavy atom. The van der Waals surface area contributed by atoms with Gasteiger partial charge in [-0.05, 0) is 36.8 Å². The van der Waals surface area contributed by atoms with Crippen LogP contribution >= 0.6 is 0 Å². The van der Waals surface area contributed by atoms with Gasteiger partial charge >= 0.3 is 5.97 Å². The van der Waals surface area contributed by atoms with Crippen LogP contribution in [0.4, 0.5) is 0 Å². The molecule has 0 fully saturated rings. The molecule has 2 aromatic rings. The minimum Gasteiger partial charge on any atom is -0.481 e. The van der Waals surface area contributed by atoms with Gasteiger partial charge in [0.05, 0.1) is 0 Å². The summed E-state index contributed by atoms with van der Waals surface area (Å²) in [5, 5.41) is 13.5. The molecule has 2 atom stereocenters. The average molecular weight is 410 g/mol. The lowest BCUT2D eigenvalue weighted by Gasteiger charge is -2.21. The molecule has 0 aliphatic carbocycles. The van der Waals surface area contributed by atoms with Crippen molar-refractivity contribution in [2.75, 3.05) is 0 Å². The van der Waals surface area contributed by atoms with Crippen molar-refractivity contribution in [2.24, 2.45) is 0 Å². The highest BCUT2D eigenvalue weighted by molar-refractivity contribution is 6.09. The van der Waals surface area contributed by atoms with E-state index in [2.05, 4.69) is 17.2 Å². The summed E-state index contributed by atoms with van der Waals surface area (Å²) in [6, 6.07) is 15.1. The number of rotatable bonds is 10. The van der Waals surface area contributed by atoms with Gasteiger partial charge in [0.15, 0.2) is 11.9 Å². The molecule has 3 N–H and O–H groups in total. The molecule has 0 saturated carbocycles. The molecule has 8 heteroatoms. The molecular formula is C22H22N2O6. The first-order valence-electron chi connectivity index (χ1n) is 9.18. The molecule has 30 heavy (non-hydrogen) atoms. The summed E-state index contributed by atoms with van der Waals surface area (Å²) >= 11 is 0. The quantitative estimate of drug-likeness (QED) is 0.312. The van der Waals surface area contributed by atoms with Gasteiger partial charge in [0, 0.05) is 11.1 Å². The average Bonchev–Trinajstić information content (AvgIpc) is 2.77. The van der Waals surface area contributed by atoms with Crippen LogP contribution < -0.4 is 15.4 Å². The normalized spacial score (nSPS) is 12.2. The highest BCUT2D eigenvalue weighted by Crippen LogP contribution is 2.17. The number of aliphatic carboxylic acids is 1. The predicted molar refractivity (Wildman–Crippen MR) is 109 cm³/mol. The van der Waals surface area contributed by atoms with Gasteiger partial charge in [-0.15, -0.1) is 0 Å². The summed E-state index contributed by atoms with van der Waals surface area (Å²) in [7, 11) is 0. The van der Waals surface area contributed by atoms with Crippen molar-refractivity contribution in [1.29, 1.82) is 0 Å². The maximum absolute atomic E-state index is 12.4. The van der Waals surface area contributed by atoms with Crippen LogP contribution in [0.15, 0.2) is 67.3 Å². The van der Waals surface area contributed by atoms with E-state index in [-0.39, 0.29) is 12.2 Å². The van der Waals surface area contributed by atoms with E-state index in [1.165, 1.54) is 0 Å². The Bertz CT molecular complexity index is 924. The third kappa shape index (κ3) is 6.03. The van der Waals surface area contributed by atoms with E-state index in [4.69, 9.17) is 9.84 Å². The standard InChI is InChI=1S/C22H22N2O6/c1-3-17(21(27)24-20(22(28)29)23-18(25)4-2)30-16-12-10-15(11-13-16)19(26)14-8-6-5-7-9-14/h4-13,17,20H,2-3H2,1H3,(H,23,25)(H,24,27)(H,28,29). The topological polar surface area (TPSA) is 122 Å². The number of carbonyl (C=O) groups excluding carboxylic acids is 3. The number of ketones is 1. The van der Waals surface area contributed by atoms with Crippen molar-refractivity contribution < 1.29 is 29.0 Å². The molecule has 0 spiro atoms. The maximum atomic E-state index is 12.4. The first kappa shape index (κ1) is 22.4. The van der Waals surface area contributed by atoms with Crippen molar-refractivity contribution in [3.05, 3.63) is 78.4 Å². The third-order valence-electron chi connectivity index (χ3n) is 4.10. The van der Waals surface area contributed by atoms with Gasteiger partial charge in [-0.1, -0.05) is 43.8 Å². The number of carbonyl (C=O) groups is 4. The van der Waals surface area contributed by atoms with E-state index in [9.17, 15) is 19.2 Å². The van der Waals surface area contributed by atoms with Crippen LogP contribution in [-0.2, 0) is 14.4 Å². The molecule has 0 radical (unpaired) electrons. The molecule has 2 rings (SSSR count). The Balaban J connectivity index is 2.04. The minimum atomic E-state index is -1.62. The zero-order valence-corrected chi connectivity index (χ0v) is 16.3. The summed E-state index contributed by atoms with van der Waals surface area (Å²) in [5.74, 6) is -2.69. The van der Waals surface area contributed by atoms with Crippen LogP contribution in [0.5, 0.6) is 5.75 Å². The SMILES string of the molecule is C=CC(=O)NC(NC(=O)C(CC)Oc1ccc(C(=O)c2ccccc2)cc1)C(=O)O. The second-order valence-electron chi connectivity index (χ2n) is 6.23. The zero-order valence-electron chi connectivity index (χ0n) is 16.3. The minimum absolute atomic E-state index is 0.144. The lowest BCUT2D eigenvalue weighted by atomic mass is 10.0. The van der Waals surface area contributed by atoms with Crippen LogP contribution in [0, 0.1) is 0 Å². The van der Waals surface area contributed by atoms with E-state index in [0.717, 1.165) is 6.08 Å². The van der Waals surface area contributed by atoms with Crippen molar-refractivity contribution in [3.63, 3.8) is 0 Å². The van der Waals surface area contributed by atoms with E-state index in [0.29, 0.717) is 16.9 Å². The summed E-state index contributed by atoms with van der Waals surface area (Å²) in [6.45, 7) is 4.92. The van der Waals surface area contributed by atoms with E-state index < -0.39 is 30.1 Å². The number of hydrogen-bond acceptors (Lipinski definition) is 5. The third-order valence-corrected chi connectivity index (χ3v) is 4.10. The number of carboxylic acid groups (broad SMARTS) is 1. The number of amides is 2. The van der Waals surface area contributed by atoms with Crippen molar-refractivity contribution in [1.82, 2.24) is 10.6 Å². The van der Waals surface area contributed by atoms with E-state index in [1.54, 1.807) is 55.5 Å². The Morgan fingerprint density at radius 3 is 2.13 bits per heavy atom. The first-order chi connectivity index (χ1) is 14.3. The van der Waals surface area contributed by atoms with Crippen molar-refractivity contribution in [2.45, 2.75) is 25.6 Å². The molecule has 2 amide bonds. The Hall–Kier alpha value is -3.94. The smallest absolute Gasteiger partial charge is 0.347 e. The second-order valence-corrected chi connectivity index (χ2v) is 6.23. The van der Waals surface area contributed by atoms with Gasteiger partial charge in [-0.3, -0.25) is 14.4 Å². The largest absolute Gasteiger partial charge is 0.481 e. The molecule has 0 aliphatic rings. The van der Waals surface area contributed by atoms with Gasteiger partial charge < -0.3 is 20.5 Å². The first-order valence-corrected chi connectivity index (χ1v) is 9.18. The fourth-order valence-corrected chi connectivity index (χ4v) is 2.52. The molecule has 0 saturated heterocycles. The molecule has 156 valence electrons.